The molecule has 0 saturated carbocycles. The van der Waals surface area contributed by atoms with E-state index in [0.29, 0.717) is 12.4 Å². The molecular weight excluding hydrogens is 250 g/mol. The van der Waals surface area contributed by atoms with Crippen LogP contribution in [0.15, 0.2) is 42.5 Å². The van der Waals surface area contributed by atoms with E-state index in [9.17, 15) is 13.6 Å². The average Bonchev–Trinajstić information content (AvgIpc) is 2.42. The summed E-state index contributed by atoms with van der Waals surface area (Å²) in [6.07, 6.45) is 0. The maximum absolute atomic E-state index is 13.5. The van der Waals surface area contributed by atoms with Crippen molar-refractivity contribution in [3.63, 3.8) is 0 Å². The van der Waals surface area contributed by atoms with E-state index in [0.717, 1.165) is 18.2 Å². The topological polar surface area (TPSA) is 26.3 Å². The highest BCUT2D eigenvalue weighted by Gasteiger charge is 2.14. The van der Waals surface area contributed by atoms with E-state index in [1.54, 1.807) is 12.1 Å². The Balaban J connectivity index is 2.30. The van der Waals surface area contributed by atoms with Crippen molar-refractivity contribution >= 4 is 5.78 Å². The fraction of sp³-hybridized carbons (Fsp3) is 0.133. The molecular formula is C15H12F2O2. The zero-order chi connectivity index (χ0) is 13.8. The molecule has 0 fully saturated rings. The van der Waals surface area contributed by atoms with Crippen molar-refractivity contribution in [3.8, 4) is 5.75 Å². The van der Waals surface area contributed by atoms with Crippen LogP contribution in [0, 0.1) is 11.6 Å². The Hall–Kier alpha value is -2.23. The number of rotatable bonds is 4. The molecule has 0 aliphatic heterocycles. The van der Waals surface area contributed by atoms with Crippen molar-refractivity contribution in [1.82, 2.24) is 0 Å². The first-order valence-corrected chi connectivity index (χ1v) is 5.84. The summed E-state index contributed by atoms with van der Waals surface area (Å²) in [5.74, 6) is -1.31. The molecule has 0 heterocycles. The first kappa shape index (κ1) is 13.2. The third-order valence-corrected chi connectivity index (χ3v) is 2.60. The van der Waals surface area contributed by atoms with Crippen molar-refractivity contribution in [3.05, 3.63) is 65.2 Å². The maximum Gasteiger partial charge on any atom is 0.196 e. The summed E-state index contributed by atoms with van der Waals surface area (Å²) < 4.78 is 31.8. The summed E-state index contributed by atoms with van der Waals surface area (Å²) in [6.45, 7) is 2.37. The standard InChI is InChI=1S/C15H12F2O2/c1-2-19-12-6-3-10(4-7-12)15(18)13-9-11(16)5-8-14(13)17/h3-9H,2H2,1H3. The molecule has 0 N–H and O–H groups in total. The average molecular weight is 262 g/mol. The van der Waals surface area contributed by atoms with Gasteiger partial charge in [0.25, 0.3) is 0 Å². The first-order chi connectivity index (χ1) is 9.11. The molecule has 19 heavy (non-hydrogen) atoms. The van der Waals surface area contributed by atoms with Crippen LogP contribution in [0.4, 0.5) is 8.78 Å². The van der Waals surface area contributed by atoms with Gasteiger partial charge in [-0.1, -0.05) is 0 Å². The molecule has 0 aliphatic carbocycles. The highest BCUT2D eigenvalue weighted by molar-refractivity contribution is 6.09. The molecule has 0 aromatic heterocycles. The van der Waals surface area contributed by atoms with Crippen LogP contribution in [0.3, 0.4) is 0 Å². The second-order valence-electron chi connectivity index (χ2n) is 3.91. The molecule has 0 atom stereocenters. The van der Waals surface area contributed by atoms with Crippen molar-refractivity contribution in [1.29, 1.82) is 0 Å². The molecule has 2 rings (SSSR count). The number of hydrogen-bond acceptors (Lipinski definition) is 2. The number of hydrogen-bond donors (Lipinski definition) is 0. The van der Waals surface area contributed by atoms with Gasteiger partial charge in [0.05, 0.1) is 12.2 Å². The molecule has 0 bridgehead atoms. The van der Waals surface area contributed by atoms with E-state index in [4.69, 9.17) is 4.74 Å². The molecule has 0 saturated heterocycles. The highest BCUT2D eigenvalue weighted by atomic mass is 19.1. The van der Waals surface area contributed by atoms with Gasteiger partial charge in [-0.3, -0.25) is 4.79 Å². The lowest BCUT2D eigenvalue weighted by Crippen LogP contribution is -2.05. The number of ketones is 1. The van der Waals surface area contributed by atoms with Gasteiger partial charge in [0.1, 0.15) is 17.4 Å². The summed E-state index contributed by atoms with van der Waals surface area (Å²) >= 11 is 0. The molecule has 0 amide bonds. The van der Waals surface area contributed by atoms with Gasteiger partial charge in [0, 0.05) is 5.56 Å². The maximum atomic E-state index is 13.5. The van der Waals surface area contributed by atoms with Gasteiger partial charge in [-0.25, -0.2) is 8.78 Å². The minimum atomic E-state index is -0.736. The van der Waals surface area contributed by atoms with Gasteiger partial charge in [-0.15, -0.1) is 0 Å². The van der Waals surface area contributed by atoms with Crippen molar-refractivity contribution in [2.45, 2.75) is 6.92 Å². The Labute approximate surface area is 109 Å². The third kappa shape index (κ3) is 2.96. The molecule has 0 spiro atoms. The molecule has 0 unspecified atom stereocenters. The fourth-order valence-corrected chi connectivity index (χ4v) is 1.70. The van der Waals surface area contributed by atoms with Crippen LogP contribution in [-0.2, 0) is 0 Å². The summed E-state index contributed by atoms with van der Waals surface area (Å²) in [4.78, 5) is 12.0. The summed E-state index contributed by atoms with van der Waals surface area (Å²) in [5, 5.41) is 0. The van der Waals surface area contributed by atoms with Crippen molar-refractivity contribution in [2.75, 3.05) is 6.61 Å². The minimum Gasteiger partial charge on any atom is -0.494 e. The molecule has 2 nitrogen and oxygen atoms in total. The van der Waals surface area contributed by atoms with Crippen LogP contribution in [-0.4, -0.2) is 12.4 Å². The zero-order valence-corrected chi connectivity index (χ0v) is 10.3. The quantitative estimate of drug-likeness (QED) is 0.787. The predicted octanol–water partition coefficient (Wildman–Crippen LogP) is 3.59. The van der Waals surface area contributed by atoms with Gasteiger partial charge in [-0.2, -0.15) is 0 Å². The predicted molar refractivity (Wildman–Crippen MR) is 67.4 cm³/mol. The Kier molecular flexibility index (Phi) is 3.90. The second kappa shape index (κ2) is 5.61. The van der Waals surface area contributed by atoms with Crippen LogP contribution < -0.4 is 4.74 Å². The van der Waals surface area contributed by atoms with Crippen LogP contribution >= 0.6 is 0 Å². The van der Waals surface area contributed by atoms with Crippen LogP contribution in [0.2, 0.25) is 0 Å². The first-order valence-electron chi connectivity index (χ1n) is 5.84. The highest BCUT2D eigenvalue weighted by Crippen LogP contribution is 2.18. The Bertz CT molecular complexity index is 592. The Morgan fingerprint density at radius 1 is 1.11 bits per heavy atom. The van der Waals surface area contributed by atoms with Crippen LogP contribution in [0.25, 0.3) is 0 Å². The van der Waals surface area contributed by atoms with Crippen molar-refractivity contribution < 1.29 is 18.3 Å². The number of ether oxygens (including phenoxy) is 1. The van der Waals surface area contributed by atoms with Crippen LogP contribution in [0.1, 0.15) is 22.8 Å². The van der Waals surface area contributed by atoms with E-state index in [1.165, 1.54) is 12.1 Å². The van der Waals surface area contributed by atoms with E-state index in [-0.39, 0.29) is 11.1 Å². The molecule has 4 heteroatoms. The van der Waals surface area contributed by atoms with E-state index < -0.39 is 17.4 Å². The lowest BCUT2D eigenvalue weighted by atomic mass is 10.0. The largest absolute Gasteiger partial charge is 0.494 e. The number of carbonyl (C=O) groups is 1. The second-order valence-corrected chi connectivity index (χ2v) is 3.91. The van der Waals surface area contributed by atoms with E-state index in [2.05, 4.69) is 0 Å². The molecule has 98 valence electrons. The van der Waals surface area contributed by atoms with Gasteiger partial charge in [0.15, 0.2) is 5.78 Å². The van der Waals surface area contributed by atoms with Gasteiger partial charge in [0.2, 0.25) is 0 Å². The molecule has 0 aliphatic rings. The normalized spacial score (nSPS) is 10.3. The smallest absolute Gasteiger partial charge is 0.196 e. The van der Waals surface area contributed by atoms with Gasteiger partial charge < -0.3 is 4.74 Å². The lowest BCUT2D eigenvalue weighted by molar-refractivity contribution is 0.103. The summed E-state index contributed by atoms with van der Waals surface area (Å²) in [7, 11) is 0. The molecule has 2 aromatic rings. The third-order valence-electron chi connectivity index (χ3n) is 2.60. The zero-order valence-electron chi connectivity index (χ0n) is 10.3. The number of benzene rings is 2. The minimum absolute atomic E-state index is 0.274. The van der Waals surface area contributed by atoms with Gasteiger partial charge >= 0.3 is 0 Å². The number of carbonyl (C=O) groups excluding carboxylic acids is 1. The Morgan fingerprint density at radius 3 is 2.42 bits per heavy atom. The monoisotopic (exact) mass is 262 g/mol. The van der Waals surface area contributed by atoms with Crippen LogP contribution in [0.5, 0.6) is 5.75 Å². The molecule has 0 radical (unpaired) electrons. The number of halogens is 2. The fourth-order valence-electron chi connectivity index (χ4n) is 1.70. The Morgan fingerprint density at radius 2 is 1.79 bits per heavy atom. The summed E-state index contributed by atoms with van der Waals surface area (Å²) in [6, 6.07) is 9.10. The van der Waals surface area contributed by atoms with Crippen molar-refractivity contribution in [2.24, 2.45) is 0 Å². The lowest BCUT2D eigenvalue weighted by Gasteiger charge is -2.05. The summed E-state index contributed by atoms with van der Waals surface area (Å²) in [5.41, 5.74) is 0.0112. The van der Waals surface area contributed by atoms with Gasteiger partial charge in [-0.05, 0) is 49.4 Å². The SMILES string of the molecule is CCOc1ccc(C(=O)c2cc(F)ccc2F)cc1. The van der Waals surface area contributed by atoms with E-state index in [1.807, 2.05) is 6.92 Å². The van der Waals surface area contributed by atoms with E-state index >= 15 is 0 Å². The molecule has 2 aromatic carbocycles.